The van der Waals surface area contributed by atoms with Gasteiger partial charge in [0.2, 0.25) is 0 Å². The topological polar surface area (TPSA) is 3.24 Å². The number of hydrogen-bond acceptors (Lipinski definition) is 1. The van der Waals surface area contributed by atoms with Gasteiger partial charge in [0.15, 0.2) is 0 Å². The summed E-state index contributed by atoms with van der Waals surface area (Å²) in [5, 5.41) is 0.796. The molecule has 1 nitrogen and oxygen atoms in total. The molecule has 2 atom stereocenters. The lowest BCUT2D eigenvalue weighted by atomic mass is 10.0. The van der Waals surface area contributed by atoms with E-state index in [1.807, 2.05) is 12.1 Å². The van der Waals surface area contributed by atoms with Crippen LogP contribution in [0, 0.1) is 5.92 Å². The van der Waals surface area contributed by atoms with Crippen molar-refractivity contribution in [3.05, 3.63) is 34.9 Å². The molecule has 0 saturated heterocycles. The zero-order valence-electron chi connectivity index (χ0n) is 11.5. The third-order valence-electron chi connectivity index (χ3n) is 3.59. The molecule has 3 heteroatoms. The van der Waals surface area contributed by atoms with E-state index in [0.717, 1.165) is 23.9 Å². The van der Waals surface area contributed by atoms with E-state index in [1.165, 1.54) is 12.0 Å². The van der Waals surface area contributed by atoms with Crippen molar-refractivity contribution in [2.45, 2.75) is 32.7 Å². The number of halogens is 2. The van der Waals surface area contributed by atoms with E-state index in [1.54, 1.807) is 0 Å². The van der Waals surface area contributed by atoms with Gasteiger partial charge in [-0.25, -0.2) is 0 Å². The van der Waals surface area contributed by atoms with Gasteiger partial charge in [0, 0.05) is 16.9 Å². The summed E-state index contributed by atoms with van der Waals surface area (Å²) in [6.07, 6.45) is 2.30. The highest BCUT2D eigenvalue weighted by Gasteiger charge is 2.12. The lowest BCUT2D eigenvalue weighted by molar-refractivity contribution is 0.242. The van der Waals surface area contributed by atoms with E-state index in [4.69, 9.17) is 23.2 Å². The zero-order valence-corrected chi connectivity index (χ0v) is 13.0. The Morgan fingerprint density at radius 1 is 1.11 bits per heavy atom. The molecule has 0 heterocycles. The van der Waals surface area contributed by atoms with Gasteiger partial charge in [-0.1, -0.05) is 30.7 Å². The van der Waals surface area contributed by atoms with Crippen LogP contribution < -0.4 is 0 Å². The van der Waals surface area contributed by atoms with Crippen LogP contribution >= 0.6 is 23.2 Å². The lowest BCUT2D eigenvalue weighted by Crippen LogP contribution is -2.24. The minimum absolute atomic E-state index is 0.422. The summed E-state index contributed by atoms with van der Waals surface area (Å²) in [6.45, 7) is 5.60. The molecular weight excluding hydrogens is 265 g/mol. The maximum atomic E-state index is 5.91. The van der Waals surface area contributed by atoms with Crippen LogP contribution in [-0.4, -0.2) is 24.4 Å². The molecule has 1 rings (SSSR count). The van der Waals surface area contributed by atoms with Gasteiger partial charge in [0.1, 0.15) is 0 Å². The minimum Gasteiger partial charge on any atom is -0.300 e. The molecule has 2 unspecified atom stereocenters. The van der Waals surface area contributed by atoms with Gasteiger partial charge in [-0.15, -0.1) is 11.6 Å². The van der Waals surface area contributed by atoms with Crippen LogP contribution in [0.3, 0.4) is 0 Å². The standard InChI is InChI=1S/C15H23Cl2N/c1-12(8-10-16)9-11-18(3)13(2)14-4-6-15(17)7-5-14/h4-7,12-13H,8-11H2,1-3H3. The molecule has 0 bridgehead atoms. The first-order valence-corrected chi connectivity index (χ1v) is 7.47. The van der Waals surface area contributed by atoms with Crippen molar-refractivity contribution in [2.75, 3.05) is 19.5 Å². The molecule has 102 valence electrons. The van der Waals surface area contributed by atoms with Crippen LogP contribution in [0.4, 0.5) is 0 Å². The summed E-state index contributed by atoms with van der Waals surface area (Å²) in [4.78, 5) is 2.38. The average Bonchev–Trinajstić information content (AvgIpc) is 2.36. The van der Waals surface area contributed by atoms with Gasteiger partial charge in [0.25, 0.3) is 0 Å². The van der Waals surface area contributed by atoms with Gasteiger partial charge in [-0.3, -0.25) is 4.90 Å². The summed E-state index contributed by atoms with van der Waals surface area (Å²) in [7, 11) is 2.17. The lowest BCUT2D eigenvalue weighted by Gasteiger charge is -2.26. The summed E-state index contributed by atoms with van der Waals surface area (Å²) >= 11 is 11.7. The van der Waals surface area contributed by atoms with Crippen molar-refractivity contribution >= 4 is 23.2 Å². The SMILES string of the molecule is CC(CCCl)CCN(C)C(C)c1ccc(Cl)cc1. The van der Waals surface area contributed by atoms with E-state index in [0.29, 0.717) is 12.0 Å². The maximum Gasteiger partial charge on any atom is 0.0406 e. The van der Waals surface area contributed by atoms with Crippen LogP contribution in [-0.2, 0) is 0 Å². The van der Waals surface area contributed by atoms with Gasteiger partial charge in [-0.05, 0) is 57.0 Å². The molecule has 0 N–H and O–H groups in total. The summed E-state index contributed by atoms with van der Waals surface area (Å²) in [6, 6.07) is 8.54. The van der Waals surface area contributed by atoms with Crippen LogP contribution in [0.1, 0.15) is 38.3 Å². The van der Waals surface area contributed by atoms with Gasteiger partial charge in [-0.2, -0.15) is 0 Å². The molecule has 0 aromatic heterocycles. The van der Waals surface area contributed by atoms with Crippen LogP contribution in [0.2, 0.25) is 5.02 Å². The van der Waals surface area contributed by atoms with E-state index in [-0.39, 0.29) is 0 Å². The molecule has 0 aliphatic heterocycles. The number of benzene rings is 1. The van der Waals surface area contributed by atoms with Crippen LogP contribution in [0.15, 0.2) is 24.3 Å². The molecule has 0 radical (unpaired) electrons. The van der Waals surface area contributed by atoms with E-state index in [2.05, 4.69) is 37.9 Å². The fourth-order valence-corrected chi connectivity index (χ4v) is 2.44. The Morgan fingerprint density at radius 2 is 1.72 bits per heavy atom. The Bertz CT molecular complexity index is 337. The van der Waals surface area contributed by atoms with Gasteiger partial charge >= 0.3 is 0 Å². The second kappa shape index (κ2) is 8.04. The number of alkyl halides is 1. The number of hydrogen-bond donors (Lipinski definition) is 0. The quantitative estimate of drug-likeness (QED) is 0.639. The molecule has 1 aromatic carbocycles. The molecule has 0 spiro atoms. The predicted molar refractivity (Wildman–Crippen MR) is 81.6 cm³/mol. The molecule has 0 saturated carbocycles. The fourth-order valence-electron chi connectivity index (χ4n) is 1.94. The molecule has 1 aromatic rings. The smallest absolute Gasteiger partial charge is 0.0406 e. The van der Waals surface area contributed by atoms with Crippen molar-refractivity contribution in [1.82, 2.24) is 4.90 Å². The van der Waals surface area contributed by atoms with E-state index in [9.17, 15) is 0 Å². The Balaban J connectivity index is 2.45. The highest BCUT2D eigenvalue weighted by atomic mass is 35.5. The first kappa shape index (κ1) is 15.8. The zero-order chi connectivity index (χ0) is 13.5. The summed E-state index contributed by atoms with van der Waals surface area (Å²) < 4.78 is 0. The van der Waals surface area contributed by atoms with Crippen molar-refractivity contribution < 1.29 is 0 Å². The van der Waals surface area contributed by atoms with E-state index < -0.39 is 0 Å². The van der Waals surface area contributed by atoms with Crippen molar-refractivity contribution in [1.29, 1.82) is 0 Å². The minimum atomic E-state index is 0.422. The normalized spacial score (nSPS) is 14.8. The highest BCUT2D eigenvalue weighted by molar-refractivity contribution is 6.30. The van der Waals surface area contributed by atoms with Crippen molar-refractivity contribution in [3.8, 4) is 0 Å². The van der Waals surface area contributed by atoms with Crippen LogP contribution in [0.25, 0.3) is 0 Å². The first-order valence-electron chi connectivity index (χ1n) is 6.56. The Morgan fingerprint density at radius 3 is 2.28 bits per heavy atom. The monoisotopic (exact) mass is 287 g/mol. The predicted octanol–water partition coefficient (Wildman–Crippen LogP) is 4.99. The Kier molecular flexibility index (Phi) is 7.06. The fraction of sp³-hybridized carbons (Fsp3) is 0.600. The Hall–Kier alpha value is -0.240. The molecule has 0 amide bonds. The average molecular weight is 288 g/mol. The molecule has 0 aliphatic rings. The molecule has 0 aliphatic carbocycles. The third kappa shape index (κ3) is 5.17. The summed E-state index contributed by atoms with van der Waals surface area (Å²) in [5.41, 5.74) is 1.31. The number of nitrogens with zero attached hydrogens (tertiary/aromatic N) is 1. The Labute approximate surface area is 121 Å². The first-order chi connectivity index (χ1) is 8.54. The maximum absolute atomic E-state index is 5.91. The number of rotatable bonds is 7. The third-order valence-corrected chi connectivity index (χ3v) is 4.06. The summed E-state index contributed by atoms with van der Waals surface area (Å²) in [5.74, 6) is 1.46. The van der Waals surface area contributed by atoms with Gasteiger partial charge in [0.05, 0.1) is 0 Å². The van der Waals surface area contributed by atoms with Crippen molar-refractivity contribution in [2.24, 2.45) is 5.92 Å². The van der Waals surface area contributed by atoms with E-state index >= 15 is 0 Å². The highest BCUT2D eigenvalue weighted by Crippen LogP contribution is 2.21. The molecule has 18 heavy (non-hydrogen) atoms. The van der Waals surface area contributed by atoms with Gasteiger partial charge < -0.3 is 0 Å². The molecular formula is C15H23Cl2N. The van der Waals surface area contributed by atoms with Crippen molar-refractivity contribution in [3.63, 3.8) is 0 Å². The van der Waals surface area contributed by atoms with Crippen LogP contribution in [0.5, 0.6) is 0 Å². The molecule has 0 fully saturated rings. The second-order valence-electron chi connectivity index (χ2n) is 5.08. The largest absolute Gasteiger partial charge is 0.300 e. The second-order valence-corrected chi connectivity index (χ2v) is 5.89.